The fourth-order valence-corrected chi connectivity index (χ4v) is 3.27. The number of alkyl halides is 1. The molecule has 0 radical (unpaired) electrons. The van der Waals surface area contributed by atoms with E-state index in [1.807, 2.05) is 0 Å². The van der Waals surface area contributed by atoms with Gasteiger partial charge in [0.2, 0.25) is 0 Å². The van der Waals surface area contributed by atoms with E-state index in [2.05, 4.69) is 6.58 Å². The van der Waals surface area contributed by atoms with Gasteiger partial charge in [0.1, 0.15) is 0 Å². The topological polar surface area (TPSA) is 26.3 Å². The van der Waals surface area contributed by atoms with E-state index in [1.165, 1.54) is 69.9 Å². The number of hydrogen-bond donors (Lipinski definition) is 0. The molecule has 0 amide bonds. The highest BCUT2D eigenvalue weighted by atomic mass is 28.2. The molecule has 0 atom stereocenters. The summed E-state index contributed by atoms with van der Waals surface area (Å²) in [5.74, 6) is -0.318. The van der Waals surface area contributed by atoms with Gasteiger partial charge in [0, 0.05) is 6.08 Å². The Hall–Kier alpha value is -0.643. The molecule has 0 aliphatic heterocycles. The van der Waals surface area contributed by atoms with Crippen LogP contribution >= 0.6 is 0 Å². The molecular formula is C17H33FO2Si. The van der Waals surface area contributed by atoms with E-state index in [1.54, 1.807) is 0 Å². The molecule has 0 aliphatic rings. The van der Waals surface area contributed by atoms with Gasteiger partial charge in [0.15, 0.2) is 0 Å². The van der Waals surface area contributed by atoms with E-state index in [-0.39, 0.29) is 21.8 Å². The molecular weight excluding hydrogens is 283 g/mol. The van der Waals surface area contributed by atoms with Gasteiger partial charge in [-0.15, -0.1) is 0 Å². The first kappa shape index (κ1) is 20.4. The Balaban J connectivity index is 2.99. The van der Waals surface area contributed by atoms with Crippen LogP contribution in [0.25, 0.3) is 0 Å². The van der Waals surface area contributed by atoms with E-state index in [4.69, 9.17) is 4.74 Å². The average molecular weight is 317 g/mol. The molecule has 2 nitrogen and oxygen atoms in total. The molecule has 0 bridgehead atoms. The number of hydrogen-bond acceptors (Lipinski definition) is 2. The lowest BCUT2D eigenvalue weighted by atomic mass is 10.1. The van der Waals surface area contributed by atoms with Gasteiger partial charge in [-0.1, -0.05) is 76.8 Å². The Morgan fingerprint density at radius 1 is 0.905 bits per heavy atom. The van der Waals surface area contributed by atoms with Crippen molar-refractivity contribution < 1.29 is 13.9 Å². The van der Waals surface area contributed by atoms with Gasteiger partial charge < -0.3 is 4.74 Å². The lowest BCUT2D eigenvalue weighted by Gasteiger charge is -2.03. The molecule has 124 valence electrons. The number of rotatable bonds is 16. The zero-order chi connectivity index (χ0) is 15.6. The van der Waals surface area contributed by atoms with Crippen LogP contribution in [-0.4, -0.2) is 28.4 Å². The number of unbranched alkanes of at least 4 members (excludes halogenated alkanes) is 10. The minimum Gasteiger partial charge on any atom is -0.463 e. The molecule has 0 N–H and O–H groups in total. The van der Waals surface area contributed by atoms with E-state index in [0.29, 0.717) is 6.61 Å². The number of ether oxygens (including phenoxy) is 1. The quantitative estimate of drug-likeness (QED) is 0.181. The zero-order valence-electron chi connectivity index (χ0n) is 13.6. The minimum atomic E-state index is -0.344. The van der Waals surface area contributed by atoms with Crippen molar-refractivity contribution in [3.05, 3.63) is 12.7 Å². The number of carbonyl (C=O) groups excluding carboxylic acids is 1. The van der Waals surface area contributed by atoms with Crippen LogP contribution < -0.4 is 0 Å². The summed E-state index contributed by atoms with van der Waals surface area (Å²) < 4.78 is 16.8. The fraction of sp³-hybridized carbons (Fsp3) is 0.824. The second-order valence-corrected chi connectivity index (χ2v) is 7.45. The zero-order valence-corrected chi connectivity index (χ0v) is 15.0. The molecule has 0 aliphatic carbocycles. The summed E-state index contributed by atoms with van der Waals surface area (Å²) in [6.45, 7) is 3.89. The smallest absolute Gasteiger partial charge is 0.330 e. The van der Waals surface area contributed by atoms with E-state index in [0.717, 1.165) is 12.8 Å². The van der Waals surface area contributed by atoms with Crippen molar-refractivity contribution in [3.8, 4) is 0 Å². The van der Waals surface area contributed by atoms with Crippen LogP contribution in [0.2, 0.25) is 6.04 Å². The molecule has 0 spiro atoms. The Morgan fingerprint density at radius 3 is 1.86 bits per heavy atom. The van der Waals surface area contributed by atoms with Gasteiger partial charge in [-0.25, -0.2) is 4.79 Å². The molecule has 0 saturated carbocycles. The van der Waals surface area contributed by atoms with Crippen LogP contribution in [0.3, 0.4) is 0 Å². The standard InChI is InChI=1S/C17H33FO2Si/c1-2-17(19)20-14-12-10-8-6-4-3-5-7-9-11-13-15-21-16-18/h2H,1,3-16,21H2. The summed E-state index contributed by atoms with van der Waals surface area (Å²) >= 11 is 0. The van der Waals surface area contributed by atoms with Gasteiger partial charge in [0.05, 0.1) is 22.4 Å². The van der Waals surface area contributed by atoms with Crippen LogP contribution in [-0.2, 0) is 9.53 Å². The van der Waals surface area contributed by atoms with Crippen molar-refractivity contribution in [3.63, 3.8) is 0 Å². The summed E-state index contributed by atoms with van der Waals surface area (Å²) in [6, 6.07) is 1.19. The SMILES string of the molecule is C=CC(=O)OCCCCCCCCCCCCC[SiH2]CF. The Kier molecular flexibility index (Phi) is 16.9. The van der Waals surface area contributed by atoms with Crippen molar-refractivity contribution in [2.24, 2.45) is 0 Å². The molecule has 21 heavy (non-hydrogen) atoms. The normalized spacial score (nSPS) is 11.1. The Morgan fingerprint density at radius 2 is 1.38 bits per heavy atom. The fourth-order valence-electron chi connectivity index (χ4n) is 2.37. The van der Waals surface area contributed by atoms with Gasteiger partial charge in [-0.3, -0.25) is 4.39 Å². The molecule has 4 heteroatoms. The summed E-state index contributed by atoms with van der Waals surface area (Å²) in [7, 11) is -0.344. The second-order valence-electron chi connectivity index (χ2n) is 5.66. The average Bonchev–Trinajstić information content (AvgIpc) is 2.50. The lowest BCUT2D eigenvalue weighted by molar-refractivity contribution is -0.137. The second kappa shape index (κ2) is 17.4. The number of halogens is 1. The first-order valence-corrected chi connectivity index (χ1v) is 10.7. The summed E-state index contributed by atoms with van der Waals surface area (Å²) in [6.07, 6.45) is 15.1. The molecule has 0 rings (SSSR count). The van der Waals surface area contributed by atoms with E-state index < -0.39 is 0 Å². The van der Waals surface area contributed by atoms with Crippen molar-refractivity contribution in [2.75, 3.05) is 12.9 Å². The Labute approximate surface area is 132 Å². The lowest BCUT2D eigenvalue weighted by Crippen LogP contribution is -2.01. The molecule has 0 saturated heterocycles. The highest BCUT2D eigenvalue weighted by Crippen LogP contribution is 2.12. The highest BCUT2D eigenvalue weighted by Gasteiger charge is 1.96. The van der Waals surface area contributed by atoms with Crippen molar-refractivity contribution in [1.29, 1.82) is 0 Å². The molecule has 0 aromatic rings. The monoisotopic (exact) mass is 316 g/mol. The van der Waals surface area contributed by atoms with Gasteiger partial charge >= 0.3 is 5.97 Å². The van der Waals surface area contributed by atoms with Gasteiger partial charge in [-0.2, -0.15) is 0 Å². The van der Waals surface area contributed by atoms with Crippen molar-refractivity contribution in [1.82, 2.24) is 0 Å². The van der Waals surface area contributed by atoms with Crippen LogP contribution in [0.4, 0.5) is 4.39 Å². The minimum absolute atomic E-state index is 0.0172. The number of esters is 1. The molecule has 0 fully saturated rings. The summed E-state index contributed by atoms with van der Waals surface area (Å²) in [5, 5.41) is 0. The van der Waals surface area contributed by atoms with Gasteiger partial charge in [-0.05, 0) is 6.42 Å². The Bertz CT molecular complexity index is 247. The first-order chi connectivity index (χ1) is 10.3. The van der Waals surface area contributed by atoms with E-state index in [9.17, 15) is 9.18 Å². The highest BCUT2D eigenvalue weighted by molar-refractivity contribution is 6.35. The third-order valence-electron chi connectivity index (χ3n) is 3.69. The maximum atomic E-state index is 11.9. The predicted octanol–water partition coefficient (Wildman–Crippen LogP) is 4.52. The largest absolute Gasteiger partial charge is 0.463 e. The maximum Gasteiger partial charge on any atom is 0.330 e. The van der Waals surface area contributed by atoms with Crippen LogP contribution in [0.15, 0.2) is 12.7 Å². The van der Waals surface area contributed by atoms with Crippen LogP contribution in [0, 0.1) is 0 Å². The van der Waals surface area contributed by atoms with Gasteiger partial charge in [0.25, 0.3) is 0 Å². The first-order valence-electron chi connectivity index (χ1n) is 8.66. The van der Waals surface area contributed by atoms with Crippen molar-refractivity contribution in [2.45, 2.75) is 76.7 Å². The molecule has 0 heterocycles. The molecule has 0 aromatic carbocycles. The third kappa shape index (κ3) is 17.3. The summed E-state index contributed by atoms with van der Waals surface area (Å²) in [5.41, 5.74) is 0. The maximum absolute atomic E-state index is 11.9. The third-order valence-corrected chi connectivity index (χ3v) is 4.96. The summed E-state index contributed by atoms with van der Waals surface area (Å²) in [4.78, 5) is 10.8. The molecule has 0 unspecified atom stereocenters. The van der Waals surface area contributed by atoms with Crippen molar-refractivity contribution >= 4 is 15.5 Å². The molecule has 0 aromatic heterocycles. The number of carbonyl (C=O) groups is 1. The predicted molar refractivity (Wildman–Crippen MR) is 91.3 cm³/mol. The van der Waals surface area contributed by atoms with Crippen LogP contribution in [0.5, 0.6) is 0 Å². The van der Waals surface area contributed by atoms with Crippen LogP contribution in [0.1, 0.15) is 70.6 Å². The van der Waals surface area contributed by atoms with E-state index >= 15 is 0 Å².